The van der Waals surface area contributed by atoms with Crippen molar-refractivity contribution < 1.29 is 18.0 Å². The van der Waals surface area contributed by atoms with Crippen molar-refractivity contribution in [2.24, 2.45) is 5.92 Å². The summed E-state index contributed by atoms with van der Waals surface area (Å²) in [6, 6.07) is 17.2. The van der Waals surface area contributed by atoms with Crippen molar-refractivity contribution >= 4 is 38.4 Å². The average Bonchev–Trinajstić information content (AvgIpc) is 2.85. The molecule has 3 aromatic carbocycles. The molecule has 0 aliphatic carbocycles. The number of rotatable bonds is 6. The van der Waals surface area contributed by atoms with Gasteiger partial charge in [0.1, 0.15) is 0 Å². The number of benzene rings is 3. The van der Waals surface area contributed by atoms with Gasteiger partial charge in [-0.15, -0.1) is 0 Å². The number of hydrogen-bond acceptors (Lipinski definition) is 4. The second-order valence-electron chi connectivity index (χ2n) is 9.20. The molecule has 0 spiro atoms. The summed E-state index contributed by atoms with van der Waals surface area (Å²) in [4.78, 5) is 26.9. The number of likely N-dealkylation sites (tertiary alicyclic amines) is 1. The average molecular weight is 509 g/mol. The Balaban J connectivity index is 1.57. The second kappa shape index (κ2) is 10.7. The number of piperidine rings is 1. The van der Waals surface area contributed by atoms with Crippen LogP contribution in [0.25, 0.3) is 10.8 Å². The van der Waals surface area contributed by atoms with Crippen molar-refractivity contribution in [3.8, 4) is 0 Å². The molecule has 0 radical (unpaired) electrons. The van der Waals surface area contributed by atoms with Gasteiger partial charge in [0.05, 0.1) is 4.90 Å². The number of nitrogens with one attached hydrogen (secondary N) is 3. The van der Waals surface area contributed by atoms with Gasteiger partial charge in [-0.3, -0.25) is 4.79 Å². The van der Waals surface area contributed by atoms with E-state index in [1.165, 1.54) is 6.07 Å². The fourth-order valence-corrected chi connectivity index (χ4v) is 6.25. The van der Waals surface area contributed by atoms with Crippen LogP contribution in [-0.4, -0.2) is 50.9 Å². The van der Waals surface area contributed by atoms with Crippen LogP contribution in [0.4, 0.5) is 10.5 Å². The molecule has 4 rings (SSSR count). The van der Waals surface area contributed by atoms with Crippen molar-refractivity contribution in [3.63, 3.8) is 0 Å². The summed E-state index contributed by atoms with van der Waals surface area (Å²) >= 11 is 0. The van der Waals surface area contributed by atoms with Crippen molar-refractivity contribution in [2.45, 2.75) is 38.1 Å². The summed E-state index contributed by atoms with van der Waals surface area (Å²) < 4.78 is 29.8. The molecule has 1 saturated heterocycles. The van der Waals surface area contributed by atoms with Gasteiger partial charge in [-0.2, -0.15) is 0 Å². The zero-order valence-electron chi connectivity index (χ0n) is 20.7. The van der Waals surface area contributed by atoms with Crippen LogP contribution in [0.15, 0.2) is 65.6 Å². The molecule has 1 heterocycles. The van der Waals surface area contributed by atoms with Gasteiger partial charge in [0, 0.05) is 47.7 Å². The number of carbonyl (C=O) groups excluding carboxylic acids is 2. The van der Waals surface area contributed by atoms with Gasteiger partial charge in [0.15, 0.2) is 0 Å². The van der Waals surface area contributed by atoms with E-state index >= 15 is 0 Å². The first-order chi connectivity index (χ1) is 17.2. The summed E-state index contributed by atoms with van der Waals surface area (Å²) in [5.74, 6) is -0.297. The van der Waals surface area contributed by atoms with E-state index in [2.05, 4.69) is 15.4 Å². The minimum absolute atomic E-state index is 0.0462. The molecule has 3 N–H and O–H groups in total. The largest absolute Gasteiger partial charge is 0.338 e. The molecule has 1 aliphatic rings. The number of hydrogen-bond donors (Lipinski definition) is 3. The topological polar surface area (TPSA) is 108 Å². The number of anilines is 1. The van der Waals surface area contributed by atoms with Crippen LogP contribution < -0.4 is 15.4 Å². The number of amides is 3. The first-order valence-corrected chi connectivity index (χ1v) is 13.6. The van der Waals surface area contributed by atoms with Gasteiger partial charge in [0.2, 0.25) is 10.0 Å². The summed E-state index contributed by atoms with van der Waals surface area (Å²) in [5.41, 5.74) is 1.96. The third-order valence-corrected chi connectivity index (χ3v) is 8.19. The zero-order valence-corrected chi connectivity index (χ0v) is 21.6. The van der Waals surface area contributed by atoms with Crippen molar-refractivity contribution in [1.82, 2.24) is 14.9 Å². The zero-order chi connectivity index (χ0) is 25.9. The fraction of sp³-hybridized carbons (Fsp3) is 0.333. The Morgan fingerprint density at radius 1 is 1.00 bits per heavy atom. The van der Waals surface area contributed by atoms with Crippen LogP contribution in [0.3, 0.4) is 0 Å². The molecule has 0 saturated carbocycles. The van der Waals surface area contributed by atoms with Crippen LogP contribution in [0, 0.1) is 12.8 Å². The third kappa shape index (κ3) is 5.37. The maximum atomic E-state index is 13.5. The highest BCUT2D eigenvalue weighted by molar-refractivity contribution is 7.89. The number of aryl methyl sites for hydroxylation is 1. The van der Waals surface area contributed by atoms with E-state index in [4.69, 9.17) is 0 Å². The van der Waals surface area contributed by atoms with E-state index in [1.807, 2.05) is 45.0 Å². The molecule has 36 heavy (non-hydrogen) atoms. The molecular formula is C27H32N4O4S. The molecule has 190 valence electrons. The number of sulfonamides is 1. The van der Waals surface area contributed by atoms with Crippen LogP contribution in [-0.2, 0) is 10.0 Å². The minimum atomic E-state index is -3.85. The standard InChI is InChI=1S/C27H32N4O4S/c1-4-28-27(33)31-16-15-23(19(3)17-31)30-36(34,35)25-14-13-24(21-11-7-8-12-22(21)25)29-26(32)20-10-6-5-9-18(20)2/h5-14,19,23,30H,4,15-17H2,1-3H3,(H,28,33)(H,29,32)/t19-,23-/m1/s1. The number of nitrogens with zero attached hydrogens (tertiary/aromatic N) is 1. The van der Waals surface area contributed by atoms with Gasteiger partial charge in [-0.25, -0.2) is 17.9 Å². The molecule has 3 amide bonds. The Morgan fingerprint density at radius 3 is 2.39 bits per heavy atom. The normalized spacial score (nSPS) is 18.1. The lowest BCUT2D eigenvalue weighted by Crippen LogP contribution is -2.53. The predicted octanol–water partition coefficient (Wildman–Crippen LogP) is 4.12. The molecule has 8 nitrogen and oxygen atoms in total. The van der Waals surface area contributed by atoms with Gasteiger partial charge in [0.25, 0.3) is 5.91 Å². The Bertz CT molecular complexity index is 1390. The van der Waals surface area contributed by atoms with Crippen molar-refractivity contribution in [3.05, 3.63) is 71.8 Å². The van der Waals surface area contributed by atoms with Crippen LogP contribution in [0.1, 0.15) is 36.2 Å². The molecule has 3 aromatic rings. The molecule has 0 aromatic heterocycles. The fourth-order valence-electron chi connectivity index (χ4n) is 4.66. The number of urea groups is 1. The molecule has 2 atom stereocenters. The van der Waals surface area contributed by atoms with E-state index in [1.54, 1.807) is 35.2 Å². The highest BCUT2D eigenvalue weighted by Gasteiger charge is 2.32. The minimum Gasteiger partial charge on any atom is -0.338 e. The predicted molar refractivity (Wildman–Crippen MR) is 142 cm³/mol. The number of carbonyl (C=O) groups is 2. The molecule has 1 aliphatic heterocycles. The maximum Gasteiger partial charge on any atom is 0.317 e. The van der Waals surface area contributed by atoms with Gasteiger partial charge in [-0.05, 0) is 49.9 Å². The van der Waals surface area contributed by atoms with Crippen LogP contribution in [0.5, 0.6) is 0 Å². The maximum absolute atomic E-state index is 13.5. The monoisotopic (exact) mass is 508 g/mol. The molecule has 0 bridgehead atoms. The van der Waals surface area contributed by atoms with Gasteiger partial charge >= 0.3 is 6.03 Å². The summed E-state index contributed by atoms with van der Waals surface area (Å²) in [5, 5.41) is 6.90. The van der Waals surface area contributed by atoms with Gasteiger partial charge < -0.3 is 15.5 Å². The van der Waals surface area contributed by atoms with E-state index < -0.39 is 10.0 Å². The SMILES string of the molecule is CCNC(=O)N1CC[C@@H](NS(=O)(=O)c2ccc(NC(=O)c3ccccc3C)c3ccccc23)[C@H](C)C1. The van der Waals surface area contributed by atoms with Gasteiger partial charge in [-0.1, -0.05) is 49.4 Å². The summed E-state index contributed by atoms with van der Waals surface area (Å²) in [6.45, 7) is 7.19. The molecule has 9 heteroatoms. The molecule has 0 unspecified atom stereocenters. The van der Waals surface area contributed by atoms with E-state index in [0.29, 0.717) is 48.1 Å². The second-order valence-corrected chi connectivity index (χ2v) is 10.9. The van der Waals surface area contributed by atoms with Crippen LogP contribution in [0.2, 0.25) is 0 Å². The van der Waals surface area contributed by atoms with E-state index in [0.717, 1.165) is 5.56 Å². The third-order valence-electron chi connectivity index (χ3n) is 6.64. The smallest absolute Gasteiger partial charge is 0.317 e. The van der Waals surface area contributed by atoms with E-state index in [-0.39, 0.29) is 28.8 Å². The van der Waals surface area contributed by atoms with Crippen molar-refractivity contribution in [2.75, 3.05) is 25.0 Å². The van der Waals surface area contributed by atoms with Crippen molar-refractivity contribution in [1.29, 1.82) is 0 Å². The number of fused-ring (bicyclic) bond motifs is 1. The Labute approximate surface area is 212 Å². The lowest BCUT2D eigenvalue weighted by Gasteiger charge is -2.37. The Kier molecular flexibility index (Phi) is 7.61. The quantitative estimate of drug-likeness (QED) is 0.466. The highest BCUT2D eigenvalue weighted by Crippen LogP contribution is 2.31. The van der Waals surface area contributed by atoms with E-state index in [9.17, 15) is 18.0 Å². The summed E-state index contributed by atoms with van der Waals surface area (Å²) in [6.07, 6.45) is 0.528. The Hall–Kier alpha value is -3.43. The lowest BCUT2D eigenvalue weighted by atomic mass is 9.95. The Morgan fingerprint density at radius 2 is 1.69 bits per heavy atom. The first kappa shape index (κ1) is 25.7. The first-order valence-electron chi connectivity index (χ1n) is 12.1. The molecular weight excluding hydrogens is 476 g/mol. The highest BCUT2D eigenvalue weighted by atomic mass is 32.2. The molecule has 1 fully saturated rings. The van der Waals surface area contributed by atoms with Crippen LogP contribution >= 0.6 is 0 Å². The summed E-state index contributed by atoms with van der Waals surface area (Å²) in [7, 11) is -3.85. The lowest BCUT2D eigenvalue weighted by molar-refractivity contribution is 0.102.